The Morgan fingerprint density at radius 3 is 2.03 bits per heavy atom. The topological polar surface area (TPSA) is 49.3 Å². The van der Waals surface area contributed by atoms with Crippen molar-refractivity contribution < 1.29 is 18.9 Å². The minimum atomic E-state index is 0.388. The smallest absolute Gasteiger partial charge is 0.138 e. The van der Waals surface area contributed by atoms with Crippen LogP contribution in [0.3, 0.4) is 0 Å². The Morgan fingerprint density at radius 2 is 1.44 bits per heavy atom. The zero-order valence-electron chi connectivity index (χ0n) is 22.3. The molecule has 1 heterocycles. The van der Waals surface area contributed by atoms with Crippen LogP contribution in [0.1, 0.15) is 79.3 Å². The van der Waals surface area contributed by atoms with Crippen molar-refractivity contribution in [2.75, 3.05) is 14.2 Å². The second-order valence-electron chi connectivity index (χ2n) is 9.70. The number of hydrogen-bond acceptors (Lipinski definition) is 5. The Labute approximate surface area is 215 Å². The van der Waals surface area contributed by atoms with E-state index in [0.29, 0.717) is 31.6 Å². The second-order valence-corrected chi connectivity index (χ2v) is 9.70. The summed E-state index contributed by atoms with van der Waals surface area (Å²) in [6.45, 7) is 10.3. The van der Waals surface area contributed by atoms with Crippen LogP contribution in [0.2, 0.25) is 0 Å². The molecule has 0 amide bonds. The summed E-state index contributed by atoms with van der Waals surface area (Å²) >= 11 is 0. The van der Waals surface area contributed by atoms with Crippen LogP contribution in [0.25, 0.3) is 0 Å². The van der Waals surface area contributed by atoms with Gasteiger partial charge in [-0.25, -0.2) is 0 Å². The van der Waals surface area contributed by atoms with Gasteiger partial charge in [0.25, 0.3) is 0 Å². The van der Waals surface area contributed by atoms with E-state index in [2.05, 4.69) is 57.0 Å². The van der Waals surface area contributed by atoms with Crippen molar-refractivity contribution in [1.29, 1.82) is 0 Å². The average Bonchev–Trinajstić information content (AvgIpc) is 3.38. The third-order valence-electron chi connectivity index (χ3n) is 6.78. The first-order valence-electron chi connectivity index (χ1n) is 12.7. The molecule has 1 unspecified atom stereocenters. The lowest BCUT2D eigenvalue weighted by atomic mass is 9.97. The quantitative estimate of drug-likeness (QED) is 0.274. The lowest BCUT2D eigenvalue weighted by Gasteiger charge is -2.20. The largest absolute Gasteiger partial charge is 0.457 e. The summed E-state index contributed by atoms with van der Waals surface area (Å²) in [5, 5.41) is 0. The molecule has 3 aromatic rings. The first-order chi connectivity index (χ1) is 17.4. The van der Waals surface area contributed by atoms with Crippen molar-refractivity contribution in [2.45, 2.75) is 65.7 Å². The standard InChI is InChI=1S/C31H37NO4/c1-7-21(4)22-8-10-26(11-9-22)35-29-12-13-30(28-17-32-16-27(28)29)36-31-24(18-33-5)14-23(20(2)3)15-25(31)19-34-6/h8-16,20-21H,7,17-19H2,1-6H3. The van der Waals surface area contributed by atoms with Gasteiger partial charge in [-0.3, -0.25) is 4.99 Å². The third-order valence-corrected chi connectivity index (χ3v) is 6.78. The van der Waals surface area contributed by atoms with Gasteiger partial charge in [0.1, 0.15) is 23.0 Å². The summed E-state index contributed by atoms with van der Waals surface area (Å²) in [4.78, 5) is 4.52. The molecule has 0 radical (unpaired) electrons. The second kappa shape index (κ2) is 11.7. The Balaban J connectivity index is 1.66. The predicted molar refractivity (Wildman–Crippen MR) is 145 cm³/mol. The summed E-state index contributed by atoms with van der Waals surface area (Å²) in [6.07, 6.45) is 2.99. The van der Waals surface area contributed by atoms with Gasteiger partial charge < -0.3 is 18.9 Å². The lowest BCUT2D eigenvalue weighted by Crippen LogP contribution is -2.04. The highest BCUT2D eigenvalue weighted by Gasteiger charge is 2.22. The van der Waals surface area contributed by atoms with Crippen molar-refractivity contribution in [3.8, 4) is 23.0 Å². The Hall–Kier alpha value is -3.15. The number of aliphatic imine (C=N–C) groups is 1. The average molecular weight is 488 g/mol. The molecule has 3 aromatic carbocycles. The number of benzene rings is 3. The molecule has 0 saturated heterocycles. The number of rotatable bonds is 11. The summed E-state index contributed by atoms with van der Waals surface area (Å²) in [7, 11) is 3.41. The number of nitrogens with zero attached hydrogens (tertiary/aromatic N) is 1. The van der Waals surface area contributed by atoms with Gasteiger partial charge in [0.05, 0.1) is 19.8 Å². The maximum Gasteiger partial charge on any atom is 0.138 e. The van der Waals surface area contributed by atoms with Gasteiger partial charge in [-0.05, 0) is 65.8 Å². The van der Waals surface area contributed by atoms with E-state index in [0.717, 1.165) is 51.7 Å². The van der Waals surface area contributed by atoms with Crippen LogP contribution < -0.4 is 9.47 Å². The zero-order valence-corrected chi connectivity index (χ0v) is 22.3. The molecule has 0 saturated carbocycles. The van der Waals surface area contributed by atoms with Crippen LogP contribution in [0.4, 0.5) is 0 Å². The molecule has 0 N–H and O–H groups in total. The molecular formula is C31H37NO4. The normalized spacial score (nSPS) is 13.2. The van der Waals surface area contributed by atoms with Crippen LogP contribution in [0.15, 0.2) is 53.5 Å². The molecular weight excluding hydrogens is 450 g/mol. The van der Waals surface area contributed by atoms with Gasteiger partial charge in [-0.15, -0.1) is 0 Å². The summed E-state index contributed by atoms with van der Waals surface area (Å²) < 4.78 is 23.9. The molecule has 0 spiro atoms. The summed E-state index contributed by atoms with van der Waals surface area (Å²) in [5.41, 5.74) is 6.54. The van der Waals surface area contributed by atoms with Crippen molar-refractivity contribution in [3.05, 3.63) is 81.9 Å². The van der Waals surface area contributed by atoms with E-state index < -0.39 is 0 Å². The molecule has 0 aromatic heterocycles. The molecule has 5 heteroatoms. The number of ether oxygens (including phenoxy) is 4. The highest BCUT2D eigenvalue weighted by molar-refractivity contribution is 5.89. The molecule has 0 aliphatic carbocycles. The van der Waals surface area contributed by atoms with Crippen LogP contribution in [-0.2, 0) is 29.2 Å². The van der Waals surface area contributed by atoms with Crippen molar-refractivity contribution in [3.63, 3.8) is 0 Å². The van der Waals surface area contributed by atoms with Crippen molar-refractivity contribution >= 4 is 6.21 Å². The van der Waals surface area contributed by atoms with Gasteiger partial charge >= 0.3 is 0 Å². The fourth-order valence-corrected chi connectivity index (χ4v) is 4.45. The SMILES string of the molecule is CCC(C)c1ccc(Oc2ccc(Oc3c(COC)cc(C(C)C)cc3COC)c3c2C=NC3)cc1. The van der Waals surface area contributed by atoms with Crippen LogP contribution in [0.5, 0.6) is 23.0 Å². The Kier molecular flexibility index (Phi) is 8.44. The van der Waals surface area contributed by atoms with E-state index in [9.17, 15) is 0 Å². The van der Waals surface area contributed by atoms with E-state index in [1.807, 2.05) is 30.5 Å². The zero-order chi connectivity index (χ0) is 25.7. The van der Waals surface area contributed by atoms with Crippen LogP contribution in [0, 0.1) is 0 Å². The molecule has 0 bridgehead atoms. The van der Waals surface area contributed by atoms with Crippen LogP contribution >= 0.6 is 0 Å². The highest BCUT2D eigenvalue weighted by atomic mass is 16.5. The molecule has 0 fully saturated rings. The number of fused-ring (bicyclic) bond motifs is 1. The predicted octanol–water partition coefficient (Wildman–Crippen LogP) is 8.13. The first kappa shape index (κ1) is 25.9. The molecule has 36 heavy (non-hydrogen) atoms. The number of hydrogen-bond donors (Lipinski definition) is 0. The minimum Gasteiger partial charge on any atom is -0.457 e. The monoisotopic (exact) mass is 487 g/mol. The summed E-state index contributed by atoms with van der Waals surface area (Å²) in [5.74, 6) is 4.07. The Morgan fingerprint density at radius 1 is 0.806 bits per heavy atom. The van der Waals surface area contributed by atoms with Gasteiger partial charge in [0.2, 0.25) is 0 Å². The first-order valence-corrected chi connectivity index (χ1v) is 12.7. The van der Waals surface area contributed by atoms with E-state index >= 15 is 0 Å². The van der Waals surface area contributed by atoms with E-state index in [-0.39, 0.29) is 0 Å². The summed E-state index contributed by atoms with van der Waals surface area (Å²) in [6, 6.07) is 16.6. The molecule has 1 aliphatic rings. The molecule has 1 aliphatic heterocycles. The fourth-order valence-electron chi connectivity index (χ4n) is 4.45. The maximum atomic E-state index is 6.59. The van der Waals surface area contributed by atoms with Gasteiger partial charge in [-0.2, -0.15) is 0 Å². The van der Waals surface area contributed by atoms with Gasteiger partial charge in [0.15, 0.2) is 0 Å². The maximum absolute atomic E-state index is 6.59. The van der Waals surface area contributed by atoms with Gasteiger partial charge in [-0.1, -0.05) is 39.8 Å². The van der Waals surface area contributed by atoms with E-state index in [1.54, 1.807) is 14.2 Å². The number of methoxy groups -OCH3 is 2. The Bertz CT molecular complexity index is 1190. The molecule has 190 valence electrons. The van der Waals surface area contributed by atoms with Crippen LogP contribution in [-0.4, -0.2) is 20.4 Å². The molecule has 1 atom stereocenters. The fraction of sp³-hybridized carbons (Fsp3) is 0.387. The third kappa shape index (κ3) is 5.63. The van der Waals surface area contributed by atoms with E-state index in [4.69, 9.17) is 18.9 Å². The molecule has 5 nitrogen and oxygen atoms in total. The minimum absolute atomic E-state index is 0.388. The lowest BCUT2D eigenvalue weighted by molar-refractivity contribution is 0.175. The van der Waals surface area contributed by atoms with E-state index in [1.165, 1.54) is 11.1 Å². The van der Waals surface area contributed by atoms with Crippen molar-refractivity contribution in [1.82, 2.24) is 0 Å². The molecule has 4 rings (SSSR count). The van der Waals surface area contributed by atoms with Gasteiger partial charge in [0, 0.05) is 42.7 Å². The van der Waals surface area contributed by atoms with Crippen molar-refractivity contribution in [2.24, 2.45) is 4.99 Å². The highest BCUT2D eigenvalue weighted by Crippen LogP contribution is 2.40.